The van der Waals surface area contributed by atoms with Gasteiger partial charge in [-0.05, 0) is 29.2 Å². The third-order valence-electron chi connectivity index (χ3n) is 5.78. The highest BCUT2D eigenvalue weighted by Crippen LogP contribution is 2.27. The number of hydrogen-bond acceptors (Lipinski definition) is 6. The second-order valence-corrected chi connectivity index (χ2v) is 10.1. The van der Waals surface area contributed by atoms with Crippen molar-refractivity contribution in [1.29, 1.82) is 0 Å². The van der Waals surface area contributed by atoms with E-state index in [1.807, 2.05) is 61.6 Å². The van der Waals surface area contributed by atoms with E-state index in [1.165, 1.54) is 17.3 Å². The third kappa shape index (κ3) is 6.76. The van der Waals surface area contributed by atoms with E-state index >= 15 is 0 Å². The van der Waals surface area contributed by atoms with Gasteiger partial charge in [0.2, 0.25) is 0 Å². The molecule has 6 nitrogen and oxygen atoms in total. The normalized spacial score (nSPS) is 11.0. The zero-order valence-corrected chi connectivity index (χ0v) is 22.0. The molecule has 36 heavy (non-hydrogen) atoms. The fraction of sp³-hybridized carbons (Fsp3) is 0.276. The number of furan rings is 1. The average Bonchev–Trinajstić information content (AvgIpc) is 3.37. The van der Waals surface area contributed by atoms with Gasteiger partial charge in [-0.2, -0.15) is 0 Å². The molecule has 2 aromatic carbocycles. The van der Waals surface area contributed by atoms with E-state index in [0.717, 1.165) is 23.6 Å². The van der Waals surface area contributed by atoms with Gasteiger partial charge in [0.05, 0.1) is 5.75 Å². The highest BCUT2D eigenvalue weighted by molar-refractivity contribution is 7.98. The van der Waals surface area contributed by atoms with Gasteiger partial charge < -0.3 is 14.2 Å². The predicted molar refractivity (Wildman–Crippen MR) is 145 cm³/mol. The van der Waals surface area contributed by atoms with Crippen LogP contribution in [0.1, 0.15) is 52.9 Å². The van der Waals surface area contributed by atoms with Crippen molar-refractivity contribution in [3.05, 3.63) is 107 Å². The number of thioether (sulfide) groups is 1. The van der Waals surface area contributed by atoms with Crippen LogP contribution in [0.4, 0.5) is 5.82 Å². The fourth-order valence-electron chi connectivity index (χ4n) is 3.75. The highest BCUT2D eigenvalue weighted by atomic mass is 32.2. The molecule has 186 valence electrons. The van der Waals surface area contributed by atoms with E-state index in [0.29, 0.717) is 29.0 Å². The number of nitrogens with zero attached hydrogens (tertiary/aromatic N) is 4. The Balaban J connectivity index is 1.42. The molecule has 0 bridgehead atoms. The summed E-state index contributed by atoms with van der Waals surface area (Å²) >= 11 is 1.51. The lowest BCUT2D eigenvalue weighted by Crippen LogP contribution is -2.25. The Hall–Kier alpha value is -3.58. The summed E-state index contributed by atoms with van der Waals surface area (Å²) in [5.41, 5.74) is 3.30. The van der Waals surface area contributed by atoms with E-state index in [-0.39, 0.29) is 11.8 Å². The predicted octanol–water partition coefficient (Wildman–Crippen LogP) is 6.39. The van der Waals surface area contributed by atoms with Gasteiger partial charge >= 0.3 is 0 Å². The first kappa shape index (κ1) is 25.5. The van der Waals surface area contributed by atoms with Crippen molar-refractivity contribution in [2.24, 2.45) is 0 Å². The Labute approximate surface area is 217 Å². The molecule has 1 amide bonds. The molecule has 0 atom stereocenters. The smallest absolute Gasteiger partial charge is 0.289 e. The van der Waals surface area contributed by atoms with E-state index in [1.54, 1.807) is 18.0 Å². The first-order chi connectivity index (χ1) is 17.4. The lowest BCUT2D eigenvalue weighted by atomic mass is 10.1. The Kier molecular flexibility index (Phi) is 8.44. The molecule has 0 saturated heterocycles. The average molecular weight is 501 g/mol. The zero-order valence-electron chi connectivity index (χ0n) is 21.2. The number of rotatable bonds is 10. The Morgan fingerprint density at radius 2 is 1.53 bits per heavy atom. The Morgan fingerprint density at radius 3 is 2.17 bits per heavy atom. The second-order valence-electron chi connectivity index (χ2n) is 9.13. The summed E-state index contributed by atoms with van der Waals surface area (Å²) in [6.07, 6.45) is 0. The molecule has 0 spiro atoms. The molecule has 2 aromatic heterocycles. The van der Waals surface area contributed by atoms with Crippen LogP contribution in [0.5, 0.6) is 0 Å². The Bertz CT molecular complexity index is 1270. The molecule has 0 radical (unpaired) electrons. The molecular formula is C29H32N4O2S. The zero-order chi connectivity index (χ0) is 25.5. The van der Waals surface area contributed by atoms with Crippen LogP contribution in [0.15, 0.2) is 88.4 Å². The van der Waals surface area contributed by atoms with Gasteiger partial charge in [0.15, 0.2) is 10.9 Å². The fourth-order valence-corrected chi connectivity index (χ4v) is 4.50. The minimum absolute atomic E-state index is 0.141. The molecule has 0 unspecified atom stereocenters. The number of hydrogen-bond donors (Lipinski definition) is 0. The molecule has 0 fully saturated rings. The van der Waals surface area contributed by atoms with Gasteiger partial charge in [0.25, 0.3) is 5.91 Å². The van der Waals surface area contributed by atoms with Crippen LogP contribution in [0, 0.1) is 0 Å². The largest absolute Gasteiger partial charge is 0.455 e. The van der Waals surface area contributed by atoms with Crippen LogP contribution in [-0.4, -0.2) is 34.9 Å². The summed E-state index contributed by atoms with van der Waals surface area (Å²) in [4.78, 5) is 26.2. The van der Waals surface area contributed by atoms with Crippen LogP contribution in [0.25, 0.3) is 0 Å². The van der Waals surface area contributed by atoms with Gasteiger partial charge in [0.1, 0.15) is 11.6 Å². The van der Waals surface area contributed by atoms with Crippen molar-refractivity contribution in [1.82, 2.24) is 14.9 Å². The topological polar surface area (TPSA) is 62.5 Å². The summed E-state index contributed by atoms with van der Waals surface area (Å²) in [5.74, 6) is 2.62. The molecule has 0 aliphatic rings. The van der Waals surface area contributed by atoms with Gasteiger partial charge in [-0.25, -0.2) is 9.97 Å². The number of benzene rings is 2. The minimum atomic E-state index is -0.141. The van der Waals surface area contributed by atoms with Crippen molar-refractivity contribution >= 4 is 23.5 Å². The first-order valence-electron chi connectivity index (χ1n) is 12.0. The van der Waals surface area contributed by atoms with E-state index in [2.05, 4.69) is 36.9 Å². The molecule has 0 aliphatic heterocycles. The summed E-state index contributed by atoms with van der Waals surface area (Å²) in [6, 6.07) is 25.9. The van der Waals surface area contributed by atoms with Crippen LogP contribution >= 0.6 is 11.8 Å². The molecule has 0 N–H and O–H groups in total. The summed E-state index contributed by atoms with van der Waals surface area (Å²) in [7, 11) is 3.83. The molecule has 4 aromatic rings. The summed E-state index contributed by atoms with van der Waals surface area (Å²) in [6.45, 7) is 5.56. The standard InChI is InChI=1S/C29H32N4O2S/c1-21(2)25-17-27(32(3)18-22-11-7-5-8-12-22)31-29(30-25)36-20-24-15-16-26(35-24)28(34)33(4)19-23-13-9-6-10-14-23/h5-17,21H,18-20H2,1-4H3. The van der Waals surface area contributed by atoms with Crippen LogP contribution in [0.2, 0.25) is 0 Å². The highest BCUT2D eigenvalue weighted by Gasteiger charge is 2.17. The van der Waals surface area contributed by atoms with Gasteiger partial charge in [0, 0.05) is 38.9 Å². The lowest BCUT2D eigenvalue weighted by Gasteiger charge is -2.20. The van der Waals surface area contributed by atoms with Crippen LogP contribution in [-0.2, 0) is 18.8 Å². The van der Waals surface area contributed by atoms with E-state index in [4.69, 9.17) is 14.4 Å². The summed E-state index contributed by atoms with van der Waals surface area (Å²) < 4.78 is 5.88. The SMILES string of the molecule is CC(C)c1cc(N(C)Cc2ccccc2)nc(SCc2ccc(C(=O)N(C)Cc3ccccc3)o2)n1. The molecule has 0 aliphatic carbocycles. The number of aromatic nitrogens is 2. The molecule has 0 saturated carbocycles. The van der Waals surface area contributed by atoms with Gasteiger partial charge in [-0.15, -0.1) is 0 Å². The second kappa shape index (κ2) is 11.9. The molecule has 2 heterocycles. The van der Waals surface area contributed by atoms with Crippen molar-refractivity contribution in [2.75, 3.05) is 19.0 Å². The van der Waals surface area contributed by atoms with E-state index in [9.17, 15) is 4.79 Å². The monoisotopic (exact) mass is 500 g/mol. The molecule has 4 rings (SSSR count). The number of amides is 1. The first-order valence-corrected chi connectivity index (χ1v) is 13.0. The molecular weight excluding hydrogens is 468 g/mol. The maximum atomic E-state index is 12.8. The third-order valence-corrected chi connectivity index (χ3v) is 6.65. The van der Waals surface area contributed by atoms with Crippen molar-refractivity contribution in [3.63, 3.8) is 0 Å². The van der Waals surface area contributed by atoms with Crippen molar-refractivity contribution < 1.29 is 9.21 Å². The minimum Gasteiger partial charge on any atom is -0.455 e. The summed E-state index contributed by atoms with van der Waals surface area (Å²) in [5, 5.41) is 0.696. The number of carbonyl (C=O) groups excluding carboxylic acids is 1. The van der Waals surface area contributed by atoms with Gasteiger partial charge in [-0.1, -0.05) is 86.3 Å². The molecule has 7 heteroatoms. The van der Waals surface area contributed by atoms with Crippen molar-refractivity contribution in [3.8, 4) is 0 Å². The lowest BCUT2D eigenvalue weighted by molar-refractivity contribution is 0.0752. The quantitative estimate of drug-likeness (QED) is 0.186. The maximum absolute atomic E-state index is 12.8. The number of carbonyl (C=O) groups is 1. The van der Waals surface area contributed by atoms with Crippen LogP contribution in [0.3, 0.4) is 0 Å². The van der Waals surface area contributed by atoms with E-state index < -0.39 is 0 Å². The van der Waals surface area contributed by atoms with Gasteiger partial charge in [-0.3, -0.25) is 4.79 Å². The number of anilines is 1. The van der Waals surface area contributed by atoms with Crippen molar-refractivity contribution in [2.45, 2.75) is 43.8 Å². The maximum Gasteiger partial charge on any atom is 0.289 e. The Morgan fingerprint density at radius 1 is 0.889 bits per heavy atom. The van der Waals surface area contributed by atoms with Crippen LogP contribution < -0.4 is 4.90 Å².